The van der Waals surface area contributed by atoms with Crippen LogP contribution in [0.5, 0.6) is 0 Å². The van der Waals surface area contributed by atoms with Gasteiger partial charge < -0.3 is 5.32 Å². The number of anilines is 1. The zero-order chi connectivity index (χ0) is 11.0. The first-order valence-electron chi connectivity index (χ1n) is 5.61. The van der Waals surface area contributed by atoms with E-state index in [0.29, 0.717) is 0 Å². The van der Waals surface area contributed by atoms with Crippen molar-refractivity contribution in [3.8, 4) is 0 Å². The first-order valence-corrected chi connectivity index (χ1v) is 5.61. The van der Waals surface area contributed by atoms with Gasteiger partial charge in [0.15, 0.2) is 0 Å². The highest BCUT2D eigenvalue weighted by atomic mass is 14.9. The Labute approximate surface area is 88.5 Å². The summed E-state index contributed by atoms with van der Waals surface area (Å²) in [7, 11) is 0. The summed E-state index contributed by atoms with van der Waals surface area (Å²) in [5, 5.41) is 3.35. The molecule has 1 aromatic rings. The summed E-state index contributed by atoms with van der Waals surface area (Å²) in [6.07, 6.45) is 1.11. The molecule has 0 aliphatic carbocycles. The van der Waals surface area contributed by atoms with Crippen LogP contribution in [0.3, 0.4) is 0 Å². The van der Waals surface area contributed by atoms with E-state index in [1.54, 1.807) is 0 Å². The zero-order valence-electron chi connectivity index (χ0n) is 10.1. The first-order chi connectivity index (χ1) is 6.77. The van der Waals surface area contributed by atoms with Gasteiger partial charge in [-0.2, -0.15) is 0 Å². The Hall–Kier alpha value is -0.980. The molecule has 1 N–H and O–H groups in total. The molecule has 0 heterocycles. The van der Waals surface area contributed by atoms with Crippen LogP contribution in [0.15, 0.2) is 18.2 Å². The van der Waals surface area contributed by atoms with E-state index in [1.807, 2.05) is 13.8 Å². The minimum atomic E-state index is 0.994. The van der Waals surface area contributed by atoms with Gasteiger partial charge in [-0.1, -0.05) is 32.9 Å². The van der Waals surface area contributed by atoms with Gasteiger partial charge in [-0.25, -0.2) is 0 Å². The summed E-state index contributed by atoms with van der Waals surface area (Å²) >= 11 is 0. The van der Waals surface area contributed by atoms with Crippen molar-refractivity contribution in [1.29, 1.82) is 0 Å². The van der Waals surface area contributed by atoms with Crippen LogP contribution in [0, 0.1) is 6.92 Å². The van der Waals surface area contributed by atoms with Crippen molar-refractivity contribution in [2.75, 3.05) is 11.9 Å². The van der Waals surface area contributed by atoms with Crippen LogP contribution in [0.1, 0.15) is 38.8 Å². The summed E-state index contributed by atoms with van der Waals surface area (Å²) in [5.74, 6) is 0. The van der Waals surface area contributed by atoms with Crippen LogP contribution in [0.4, 0.5) is 5.69 Å². The van der Waals surface area contributed by atoms with Gasteiger partial charge in [-0.15, -0.1) is 0 Å². The molecule has 0 bridgehead atoms. The van der Waals surface area contributed by atoms with Gasteiger partial charge in [0.25, 0.3) is 0 Å². The van der Waals surface area contributed by atoms with Crippen LogP contribution in [-0.4, -0.2) is 6.54 Å². The summed E-state index contributed by atoms with van der Waals surface area (Å²) in [5.41, 5.74) is 4.00. The summed E-state index contributed by atoms with van der Waals surface area (Å²) < 4.78 is 0. The third-order valence-corrected chi connectivity index (χ3v) is 2.08. The summed E-state index contributed by atoms with van der Waals surface area (Å²) in [6.45, 7) is 11.4. The van der Waals surface area contributed by atoms with Crippen molar-refractivity contribution in [3.63, 3.8) is 0 Å². The van der Waals surface area contributed by atoms with E-state index in [4.69, 9.17) is 0 Å². The van der Waals surface area contributed by atoms with Crippen molar-refractivity contribution in [1.82, 2.24) is 0 Å². The number of benzene rings is 1. The molecular formula is C13H23N. The molecule has 0 radical (unpaired) electrons. The third kappa shape index (κ3) is 3.82. The molecule has 0 aromatic heterocycles. The highest BCUT2D eigenvalue weighted by molar-refractivity contribution is 5.52. The van der Waals surface area contributed by atoms with Gasteiger partial charge in [-0.3, -0.25) is 0 Å². The standard InChI is InChI=1S/C11H17N.C2H6/c1-4-10-7-6-9(3)11(8-10)12-5-2;1-2/h6-8,12H,4-5H2,1-3H3;1-2H3. The molecule has 0 aliphatic rings. The molecule has 14 heavy (non-hydrogen) atoms. The highest BCUT2D eigenvalue weighted by Gasteiger charge is 1.96. The molecule has 1 aromatic carbocycles. The average Bonchev–Trinajstić information content (AvgIpc) is 2.24. The molecule has 0 atom stereocenters. The van der Waals surface area contributed by atoms with E-state index >= 15 is 0 Å². The smallest absolute Gasteiger partial charge is 0.0372 e. The second-order valence-corrected chi connectivity index (χ2v) is 3.03. The number of nitrogens with one attached hydrogen (secondary N) is 1. The van der Waals surface area contributed by atoms with Crippen LogP contribution < -0.4 is 5.32 Å². The van der Waals surface area contributed by atoms with Crippen molar-refractivity contribution in [3.05, 3.63) is 29.3 Å². The van der Waals surface area contributed by atoms with Gasteiger partial charge in [0.2, 0.25) is 0 Å². The maximum Gasteiger partial charge on any atom is 0.0372 e. The number of rotatable bonds is 3. The van der Waals surface area contributed by atoms with Crippen molar-refractivity contribution in [2.45, 2.75) is 41.0 Å². The minimum absolute atomic E-state index is 0.994. The summed E-state index contributed by atoms with van der Waals surface area (Å²) in [6, 6.07) is 6.60. The Balaban J connectivity index is 0.000000791. The Morgan fingerprint density at radius 3 is 2.29 bits per heavy atom. The zero-order valence-corrected chi connectivity index (χ0v) is 10.1. The number of aryl methyl sites for hydroxylation is 2. The second-order valence-electron chi connectivity index (χ2n) is 3.03. The molecule has 80 valence electrons. The molecule has 0 aliphatic heterocycles. The maximum atomic E-state index is 3.35. The maximum absolute atomic E-state index is 3.35. The lowest BCUT2D eigenvalue weighted by Crippen LogP contribution is -1.99. The fourth-order valence-electron chi connectivity index (χ4n) is 1.27. The van der Waals surface area contributed by atoms with Gasteiger partial charge in [0.1, 0.15) is 0 Å². The van der Waals surface area contributed by atoms with E-state index in [9.17, 15) is 0 Å². The second kappa shape index (κ2) is 7.43. The molecule has 0 unspecified atom stereocenters. The first kappa shape index (κ1) is 13.0. The molecule has 0 saturated carbocycles. The van der Waals surface area contributed by atoms with Crippen molar-refractivity contribution < 1.29 is 0 Å². The normalized spacial score (nSPS) is 8.93. The lowest BCUT2D eigenvalue weighted by Gasteiger charge is -2.08. The number of hydrogen-bond acceptors (Lipinski definition) is 1. The lowest BCUT2D eigenvalue weighted by molar-refractivity contribution is 1.12. The molecule has 1 rings (SSSR count). The van der Waals surface area contributed by atoms with Crippen LogP contribution in [0.2, 0.25) is 0 Å². The predicted octanol–water partition coefficient (Wildman–Crippen LogP) is 4.02. The number of hydrogen-bond donors (Lipinski definition) is 1. The quantitative estimate of drug-likeness (QED) is 0.764. The van der Waals surface area contributed by atoms with E-state index in [0.717, 1.165) is 13.0 Å². The molecule has 0 spiro atoms. The van der Waals surface area contributed by atoms with Crippen LogP contribution >= 0.6 is 0 Å². The van der Waals surface area contributed by atoms with Gasteiger partial charge >= 0.3 is 0 Å². The van der Waals surface area contributed by atoms with Crippen LogP contribution in [-0.2, 0) is 6.42 Å². The summed E-state index contributed by atoms with van der Waals surface area (Å²) in [4.78, 5) is 0. The van der Waals surface area contributed by atoms with E-state index in [2.05, 4.69) is 44.3 Å². The molecule has 1 nitrogen and oxygen atoms in total. The van der Waals surface area contributed by atoms with Crippen molar-refractivity contribution >= 4 is 5.69 Å². The largest absolute Gasteiger partial charge is 0.385 e. The Morgan fingerprint density at radius 1 is 1.14 bits per heavy atom. The van der Waals surface area contributed by atoms with Crippen LogP contribution in [0.25, 0.3) is 0 Å². The van der Waals surface area contributed by atoms with Gasteiger partial charge in [0.05, 0.1) is 0 Å². The van der Waals surface area contributed by atoms with E-state index in [-0.39, 0.29) is 0 Å². The minimum Gasteiger partial charge on any atom is -0.385 e. The van der Waals surface area contributed by atoms with Gasteiger partial charge in [0, 0.05) is 12.2 Å². The Kier molecular flexibility index (Phi) is 6.91. The van der Waals surface area contributed by atoms with E-state index < -0.39 is 0 Å². The highest BCUT2D eigenvalue weighted by Crippen LogP contribution is 2.16. The topological polar surface area (TPSA) is 12.0 Å². The van der Waals surface area contributed by atoms with E-state index in [1.165, 1.54) is 16.8 Å². The Morgan fingerprint density at radius 2 is 1.79 bits per heavy atom. The van der Waals surface area contributed by atoms with Crippen molar-refractivity contribution in [2.24, 2.45) is 0 Å². The molecular weight excluding hydrogens is 170 g/mol. The van der Waals surface area contributed by atoms with Gasteiger partial charge in [-0.05, 0) is 37.5 Å². The SMILES string of the molecule is CC.CCNc1cc(CC)ccc1C. The molecule has 0 amide bonds. The lowest BCUT2D eigenvalue weighted by atomic mass is 10.1. The fourth-order valence-corrected chi connectivity index (χ4v) is 1.27. The predicted molar refractivity (Wildman–Crippen MR) is 66.1 cm³/mol. The molecule has 1 heteroatoms. The Bertz CT molecular complexity index is 253. The monoisotopic (exact) mass is 193 g/mol. The average molecular weight is 193 g/mol. The third-order valence-electron chi connectivity index (χ3n) is 2.08. The molecule has 0 fully saturated rings. The molecule has 0 saturated heterocycles. The fraction of sp³-hybridized carbons (Fsp3) is 0.538.